The zero-order valence-corrected chi connectivity index (χ0v) is 25.0. The number of fused-ring (bicyclic) bond motifs is 1. The normalized spacial score (nSPS) is 18.6. The van der Waals surface area contributed by atoms with Crippen molar-refractivity contribution in [2.45, 2.75) is 62.8 Å². The quantitative estimate of drug-likeness (QED) is 0.185. The lowest BCUT2D eigenvalue weighted by Gasteiger charge is -2.46. The number of alkyl halides is 9. The molecule has 2 atom stereocenters. The first-order valence-electron chi connectivity index (χ1n) is 14.3. The molecule has 0 unspecified atom stereocenters. The molecule has 1 aromatic heterocycles. The average Bonchev–Trinajstić information content (AvgIpc) is 2.98. The van der Waals surface area contributed by atoms with Gasteiger partial charge in [-0.25, -0.2) is 9.59 Å². The second kappa shape index (κ2) is 13.4. The highest BCUT2D eigenvalue weighted by atomic mass is 19.4. The standard InChI is InChI=1S/C30H29F9N4O5/c1-2-27(40)14-22(21-13-18(28(31,32)33)3-4-23(21)43(27)26(46)47)24-17(15-42(25(45)41-24)5-7-48-8-6-44)9-16-10-19(29(34,35)36)12-20(11-16)30(37,38)39/h3-4,10-13,15,22,44H,2,5-9,14,40H2,1H3,(H,46,47)/t22-,27+/m0/s1. The second-order valence-corrected chi connectivity index (χ2v) is 11.2. The molecule has 48 heavy (non-hydrogen) atoms. The van der Waals surface area contributed by atoms with Crippen LogP contribution in [0.15, 0.2) is 47.4 Å². The number of carboxylic acid groups (broad SMARTS) is 1. The van der Waals surface area contributed by atoms with Gasteiger partial charge in [0.15, 0.2) is 0 Å². The van der Waals surface area contributed by atoms with Gasteiger partial charge in [-0.15, -0.1) is 0 Å². The second-order valence-electron chi connectivity index (χ2n) is 11.2. The Morgan fingerprint density at radius 3 is 2.10 bits per heavy atom. The van der Waals surface area contributed by atoms with E-state index < -0.39 is 77.0 Å². The maximum atomic E-state index is 13.9. The molecule has 0 spiro atoms. The van der Waals surface area contributed by atoms with Crippen LogP contribution in [0.5, 0.6) is 0 Å². The summed E-state index contributed by atoms with van der Waals surface area (Å²) < 4.78 is 130. The molecule has 4 N–H and O–H groups in total. The van der Waals surface area contributed by atoms with Crippen LogP contribution in [0.3, 0.4) is 0 Å². The molecule has 0 bridgehead atoms. The fourth-order valence-corrected chi connectivity index (χ4v) is 5.67. The zero-order valence-electron chi connectivity index (χ0n) is 25.0. The molecule has 18 heteroatoms. The number of hydrogen-bond donors (Lipinski definition) is 3. The molecule has 3 aromatic rings. The predicted octanol–water partition coefficient (Wildman–Crippen LogP) is 5.98. The number of aromatic nitrogens is 2. The Labute approximate surface area is 266 Å². The summed E-state index contributed by atoms with van der Waals surface area (Å²) in [6.07, 6.45) is -17.0. The SMILES string of the molecule is CC[C@]1(N)C[C@H](c2nc(=O)n(CCOCCO)cc2Cc2cc(C(F)(F)F)cc(C(F)(F)F)c2)c2cc(C(F)(F)F)ccc2N1C(=O)O. The highest BCUT2D eigenvalue weighted by molar-refractivity contribution is 5.90. The van der Waals surface area contributed by atoms with E-state index >= 15 is 0 Å². The van der Waals surface area contributed by atoms with Crippen molar-refractivity contribution in [3.63, 3.8) is 0 Å². The Morgan fingerprint density at radius 2 is 1.58 bits per heavy atom. The van der Waals surface area contributed by atoms with Crippen LogP contribution >= 0.6 is 0 Å². The van der Waals surface area contributed by atoms with Crippen molar-refractivity contribution in [3.8, 4) is 0 Å². The largest absolute Gasteiger partial charge is 0.465 e. The van der Waals surface area contributed by atoms with Crippen LogP contribution in [0.1, 0.15) is 64.8 Å². The van der Waals surface area contributed by atoms with E-state index in [2.05, 4.69) is 4.98 Å². The number of anilines is 1. The fraction of sp³-hybridized carbons (Fsp3) is 0.433. The molecule has 0 saturated heterocycles. The Morgan fingerprint density at radius 1 is 0.979 bits per heavy atom. The number of hydrogen-bond acceptors (Lipinski definition) is 6. The van der Waals surface area contributed by atoms with Gasteiger partial charge in [-0.3, -0.25) is 9.47 Å². The Hall–Kier alpha value is -4.16. The third-order valence-electron chi connectivity index (χ3n) is 7.96. The number of nitrogens with two attached hydrogens (primary N) is 1. The molecular weight excluding hydrogens is 667 g/mol. The predicted molar refractivity (Wildman–Crippen MR) is 151 cm³/mol. The lowest BCUT2D eigenvalue weighted by Crippen LogP contribution is -2.61. The molecule has 262 valence electrons. The Balaban J connectivity index is 1.99. The lowest BCUT2D eigenvalue weighted by molar-refractivity contribution is -0.143. The van der Waals surface area contributed by atoms with E-state index in [9.17, 15) is 54.2 Å². The minimum absolute atomic E-state index is 0.0668. The van der Waals surface area contributed by atoms with Crippen molar-refractivity contribution in [3.05, 3.63) is 92.2 Å². The van der Waals surface area contributed by atoms with Gasteiger partial charge in [-0.05, 0) is 65.9 Å². The first-order valence-corrected chi connectivity index (χ1v) is 14.3. The number of rotatable bonds is 9. The number of aliphatic hydroxyl groups excluding tert-OH is 1. The Kier molecular flexibility index (Phi) is 10.2. The molecule has 2 heterocycles. The van der Waals surface area contributed by atoms with E-state index in [0.29, 0.717) is 29.2 Å². The number of aliphatic hydroxyl groups is 1. The lowest BCUT2D eigenvalue weighted by atomic mass is 9.77. The van der Waals surface area contributed by atoms with Gasteiger partial charge in [-0.1, -0.05) is 6.92 Å². The van der Waals surface area contributed by atoms with Crippen LogP contribution in [-0.4, -0.2) is 51.3 Å². The maximum Gasteiger partial charge on any atom is 0.416 e. The number of ether oxygens (including phenoxy) is 1. The highest BCUT2D eigenvalue weighted by Crippen LogP contribution is 2.48. The molecule has 1 amide bonds. The summed E-state index contributed by atoms with van der Waals surface area (Å²) >= 11 is 0. The van der Waals surface area contributed by atoms with Crippen molar-refractivity contribution in [2.24, 2.45) is 5.73 Å². The van der Waals surface area contributed by atoms with Gasteiger partial charge < -0.3 is 20.7 Å². The van der Waals surface area contributed by atoms with E-state index in [1.165, 1.54) is 6.92 Å². The van der Waals surface area contributed by atoms with E-state index in [-0.39, 0.29) is 61.4 Å². The third-order valence-corrected chi connectivity index (χ3v) is 7.96. The van der Waals surface area contributed by atoms with Crippen LogP contribution in [0, 0.1) is 0 Å². The Bertz CT molecular complexity index is 1690. The van der Waals surface area contributed by atoms with Crippen LogP contribution in [-0.2, 0) is 36.2 Å². The van der Waals surface area contributed by atoms with Gasteiger partial charge in [0.05, 0.1) is 54.4 Å². The van der Waals surface area contributed by atoms with E-state index in [0.717, 1.165) is 16.8 Å². The monoisotopic (exact) mass is 696 g/mol. The molecule has 9 nitrogen and oxygen atoms in total. The number of nitrogens with zero attached hydrogens (tertiary/aromatic N) is 3. The van der Waals surface area contributed by atoms with Gasteiger partial charge in [0, 0.05) is 18.5 Å². The molecule has 1 aliphatic rings. The molecule has 0 fully saturated rings. The van der Waals surface area contributed by atoms with Crippen LogP contribution in [0.25, 0.3) is 0 Å². The molecule has 4 rings (SSSR count). The first-order chi connectivity index (χ1) is 22.2. The number of carbonyl (C=O) groups is 1. The van der Waals surface area contributed by atoms with Crippen LogP contribution in [0.4, 0.5) is 50.0 Å². The van der Waals surface area contributed by atoms with Gasteiger partial charge in [0.1, 0.15) is 5.66 Å². The molecular formula is C30H29F9N4O5. The molecule has 0 radical (unpaired) electrons. The van der Waals surface area contributed by atoms with Gasteiger partial charge in [0.2, 0.25) is 0 Å². The first kappa shape index (κ1) is 36.7. The highest BCUT2D eigenvalue weighted by Gasteiger charge is 2.47. The van der Waals surface area contributed by atoms with E-state index in [1.807, 2.05) is 0 Å². The topological polar surface area (TPSA) is 131 Å². The molecule has 0 aliphatic carbocycles. The summed E-state index contributed by atoms with van der Waals surface area (Å²) in [6.45, 7) is 0.633. The molecule has 2 aromatic carbocycles. The summed E-state index contributed by atoms with van der Waals surface area (Å²) in [7, 11) is 0. The average molecular weight is 697 g/mol. The summed E-state index contributed by atoms with van der Waals surface area (Å²) in [6, 6.07) is 3.05. The van der Waals surface area contributed by atoms with Gasteiger partial charge >= 0.3 is 30.3 Å². The van der Waals surface area contributed by atoms with Crippen molar-refractivity contribution in [2.75, 3.05) is 24.7 Å². The summed E-state index contributed by atoms with van der Waals surface area (Å²) in [4.78, 5) is 30.3. The smallest absolute Gasteiger partial charge is 0.416 e. The zero-order chi connectivity index (χ0) is 35.8. The number of halogens is 9. The van der Waals surface area contributed by atoms with Crippen molar-refractivity contribution >= 4 is 11.8 Å². The summed E-state index contributed by atoms with van der Waals surface area (Å²) in [5.74, 6) is -1.36. The van der Waals surface area contributed by atoms with Crippen LogP contribution in [0.2, 0.25) is 0 Å². The van der Waals surface area contributed by atoms with Crippen molar-refractivity contribution in [1.29, 1.82) is 0 Å². The van der Waals surface area contributed by atoms with E-state index in [4.69, 9.17) is 15.6 Å². The van der Waals surface area contributed by atoms with E-state index in [1.54, 1.807) is 0 Å². The number of amides is 1. The van der Waals surface area contributed by atoms with Gasteiger partial charge in [0.25, 0.3) is 0 Å². The summed E-state index contributed by atoms with van der Waals surface area (Å²) in [5, 5.41) is 19.0. The minimum Gasteiger partial charge on any atom is -0.465 e. The van der Waals surface area contributed by atoms with Crippen LogP contribution < -0.4 is 16.3 Å². The minimum atomic E-state index is -5.18. The maximum absolute atomic E-state index is 13.9. The molecule has 1 aliphatic heterocycles. The molecule has 0 saturated carbocycles. The number of benzene rings is 2. The van der Waals surface area contributed by atoms with Gasteiger partial charge in [-0.2, -0.15) is 44.5 Å². The fourth-order valence-electron chi connectivity index (χ4n) is 5.67. The summed E-state index contributed by atoms with van der Waals surface area (Å²) in [5.41, 5.74) is -2.22. The third kappa shape index (κ3) is 7.76. The van der Waals surface area contributed by atoms with Crippen molar-refractivity contribution < 1.29 is 59.3 Å². The van der Waals surface area contributed by atoms with Crippen molar-refractivity contribution in [1.82, 2.24) is 9.55 Å².